The zero-order valence-corrected chi connectivity index (χ0v) is 57.6. The number of fused-ring (bicyclic) bond motifs is 1. The number of rotatable bonds is 42. The van der Waals surface area contributed by atoms with Gasteiger partial charge in [0.15, 0.2) is 5.95 Å². The molecule has 1 saturated heterocycles. The van der Waals surface area contributed by atoms with Gasteiger partial charge in [0.1, 0.15) is 23.4 Å². The van der Waals surface area contributed by atoms with Crippen LogP contribution >= 0.6 is 0 Å². The highest BCUT2D eigenvalue weighted by atomic mass is 32.2. The summed E-state index contributed by atoms with van der Waals surface area (Å²) in [6.07, 6.45) is 9.35. The first-order valence-electron chi connectivity index (χ1n) is 32.7. The highest BCUT2D eigenvalue weighted by Crippen LogP contribution is 2.26. The van der Waals surface area contributed by atoms with Gasteiger partial charge in [0.05, 0.1) is 56.4 Å². The third kappa shape index (κ3) is 32.6. The van der Waals surface area contributed by atoms with Crippen molar-refractivity contribution in [2.75, 3.05) is 157 Å². The van der Waals surface area contributed by atoms with E-state index < -0.39 is 63.9 Å². The maximum absolute atomic E-state index is 13.5. The number of methoxy groups -OCH3 is 1. The van der Waals surface area contributed by atoms with Gasteiger partial charge < -0.3 is 81.2 Å². The Morgan fingerprint density at radius 1 is 0.697 bits per heavy atom. The lowest BCUT2D eigenvalue weighted by Gasteiger charge is -2.33. The number of aromatic nitrogens is 3. The number of imidazole rings is 1. The molecule has 1 fully saturated rings. The summed E-state index contributed by atoms with van der Waals surface area (Å²) in [5.41, 5.74) is 6.86. The maximum Gasteiger partial charge on any atom is 0.323 e. The lowest BCUT2D eigenvalue weighted by molar-refractivity contribution is -0.140. The third-order valence-electron chi connectivity index (χ3n) is 15.3. The number of H-pyrrole nitrogens is 1. The molecule has 0 aliphatic carbocycles. The third-order valence-corrected chi connectivity index (χ3v) is 17.1. The molecule has 4 aromatic rings. The number of sulfonamides is 1. The van der Waals surface area contributed by atoms with Gasteiger partial charge in [-0.25, -0.2) is 13.4 Å². The topological polar surface area (TPSA) is 450 Å². The van der Waals surface area contributed by atoms with Crippen LogP contribution in [-0.4, -0.2) is 274 Å². The molecule has 13 N–H and O–H groups in total. The van der Waals surface area contributed by atoms with Gasteiger partial charge in [0.25, 0.3) is 5.91 Å². The standard InChI is InChI=1S/C36H47N7O10S.C28H53N7O9.CH4/c1-23-17-26(53-14-5-7-31(44)37-10-6-13-52-16-15-51-4)18-24(2)33(23)54(49,50)42-29(35(47)48)21-40-34(46)28-22-43(3)30-19-25(8-9-27(30)32(28)45)20-41-36-38-11-12-39-36;1-2-17-44-18-5-8-30-28(43)23(6-3-4-7-29)31-24(36)19-32-9-11-33(20-25(37)38)13-15-35(22-27(41)42)16-14-34(12-10-32)21-26(39)40;/h8-9,11-12,17-19,22,29,42H,5-7,10,13-16,20-21H2,1-4H3,(H,37,44)(H,40,46)(H,47,48)(H2,38,39,41);23H,2-22,29H2,1H3,(H,30,43)(H,31,36)(H,37,38)(H,39,40)(H,41,42);1H4/t;23-;/m.1./s1. The Bertz CT molecular complexity index is 3300. The molecular weight excluding hydrogens is 1310 g/mol. The lowest BCUT2D eigenvalue weighted by atomic mass is 10.1. The van der Waals surface area contributed by atoms with Gasteiger partial charge in [0, 0.05) is 143 Å². The number of carboxylic acids is 4. The van der Waals surface area contributed by atoms with Gasteiger partial charge in [-0.2, -0.15) is 4.72 Å². The van der Waals surface area contributed by atoms with Crippen LogP contribution in [-0.2, 0) is 71.4 Å². The summed E-state index contributed by atoms with van der Waals surface area (Å²) in [5, 5.41) is 52.3. The molecule has 2 atom stereocenters. The van der Waals surface area contributed by atoms with Crippen LogP contribution in [0.2, 0.25) is 0 Å². The number of amides is 4. The van der Waals surface area contributed by atoms with E-state index in [1.165, 1.54) is 18.3 Å². The van der Waals surface area contributed by atoms with Crippen molar-refractivity contribution in [1.29, 1.82) is 0 Å². The highest BCUT2D eigenvalue weighted by molar-refractivity contribution is 7.89. The van der Waals surface area contributed by atoms with Crippen molar-refractivity contribution in [2.24, 2.45) is 12.8 Å². The molecule has 0 saturated carbocycles. The normalized spacial score (nSPS) is 14.2. The Morgan fingerprint density at radius 2 is 1.27 bits per heavy atom. The summed E-state index contributed by atoms with van der Waals surface area (Å²) in [6.45, 7) is 10.7. The average Bonchev–Trinajstić information content (AvgIpc) is 0.801. The molecule has 2 aromatic heterocycles. The molecule has 33 nitrogen and oxygen atoms in total. The number of anilines is 1. The minimum Gasteiger partial charge on any atom is -0.494 e. The molecule has 5 rings (SSSR count). The van der Waals surface area contributed by atoms with Crippen LogP contribution in [0.4, 0.5) is 5.95 Å². The van der Waals surface area contributed by atoms with Crippen molar-refractivity contribution in [3.8, 4) is 5.75 Å². The number of carboxylic acid groups (broad SMARTS) is 4. The Balaban J connectivity index is 0.000000522. The number of unbranched alkanes of at least 4 members (excludes halogenated alkanes) is 1. The molecule has 554 valence electrons. The van der Waals surface area contributed by atoms with E-state index in [1.54, 1.807) is 77.9 Å². The largest absolute Gasteiger partial charge is 0.494 e. The van der Waals surface area contributed by atoms with Crippen molar-refractivity contribution >= 4 is 74.4 Å². The summed E-state index contributed by atoms with van der Waals surface area (Å²) >= 11 is 0. The van der Waals surface area contributed by atoms with E-state index in [0.29, 0.717) is 152 Å². The van der Waals surface area contributed by atoms with Crippen LogP contribution in [0.25, 0.3) is 10.9 Å². The molecule has 34 heteroatoms. The van der Waals surface area contributed by atoms with E-state index >= 15 is 0 Å². The maximum atomic E-state index is 13.5. The van der Waals surface area contributed by atoms with Gasteiger partial charge in [-0.15, -0.1) is 0 Å². The summed E-state index contributed by atoms with van der Waals surface area (Å²) in [7, 11) is -1.13. The second-order valence-corrected chi connectivity index (χ2v) is 25.1. The lowest BCUT2D eigenvalue weighted by Crippen LogP contribution is -2.52. The highest BCUT2D eigenvalue weighted by Gasteiger charge is 2.30. The molecule has 1 aliphatic heterocycles. The number of carbonyl (C=O) groups is 8. The fraction of sp³-hybridized carbons (Fsp3) is 0.600. The minimum absolute atomic E-state index is 0. The van der Waals surface area contributed by atoms with Crippen molar-refractivity contribution < 1.29 is 86.1 Å². The number of pyridine rings is 1. The first-order chi connectivity index (χ1) is 46.8. The monoisotopic (exact) mass is 1420 g/mol. The second kappa shape index (κ2) is 46.2. The van der Waals surface area contributed by atoms with Crippen LogP contribution < -0.4 is 47.2 Å². The van der Waals surface area contributed by atoms with Crippen molar-refractivity contribution in [2.45, 2.75) is 103 Å². The van der Waals surface area contributed by atoms with E-state index in [2.05, 4.69) is 41.3 Å². The quantitative estimate of drug-likeness (QED) is 0.0271. The first kappa shape index (κ1) is 85.0. The molecule has 1 aliphatic rings. The van der Waals surface area contributed by atoms with E-state index in [9.17, 15) is 72.0 Å². The molecule has 4 amide bonds. The van der Waals surface area contributed by atoms with Crippen LogP contribution in [0.1, 0.15) is 92.8 Å². The van der Waals surface area contributed by atoms with Gasteiger partial charge in [-0.3, -0.25) is 62.8 Å². The summed E-state index contributed by atoms with van der Waals surface area (Å²) < 4.78 is 52.2. The van der Waals surface area contributed by atoms with Crippen LogP contribution in [0.15, 0.2) is 58.6 Å². The van der Waals surface area contributed by atoms with Crippen molar-refractivity contribution in [1.82, 2.24) is 60.1 Å². The number of hydrogen-bond acceptors (Lipinski definition) is 22. The molecule has 0 radical (unpaired) electrons. The van der Waals surface area contributed by atoms with Gasteiger partial charge in [0.2, 0.25) is 33.2 Å². The van der Waals surface area contributed by atoms with Crippen LogP contribution in [0.5, 0.6) is 5.75 Å². The molecule has 1 unspecified atom stereocenters. The predicted octanol–water partition coefficient (Wildman–Crippen LogP) is 0.625. The zero-order valence-electron chi connectivity index (χ0n) is 56.8. The molecular formula is C65H104N14O19S. The fourth-order valence-corrected chi connectivity index (χ4v) is 12.0. The van der Waals surface area contributed by atoms with Gasteiger partial charge in [-0.1, -0.05) is 20.4 Å². The average molecular weight is 1420 g/mol. The summed E-state index contributed by atoms with van der Waals surface area (Å²) in [5.74, 6) is -5.28. The molecule has 99 heavy (non-hydrogen) atoms. The van der Waals surface area contributed by atoms with Crippen LogP contribution in [0.3, 0.4) is 0 Å². The van der Waals surface area contributed by atoms with E-state index in [-0.39, 0.29) is 106 Å². The first-order valence-corrected chi connectivity index (χ1v) is 34.2. The number of ether oxygens (including phenoxy) is 4. The van der Waals surface area contributed by atoms with E-state index in [1.807, 2.05) is 11.8 Å². The Morgan fingerprint density at radius 3 is 1.81 bits per heavy atom. The Kier molecular flexibility index (Phi) is 39.7. The van der Waals surface area contributed by atoms with Crippen LogP contribution in [0, 0.1) is 13.8 Å². The number of hydrogen-bond donors (Lipinski definition) is 12. The molecule has 0 bridgehead atoms. The fourth-order valence-electron chi connectivity index (χ4n) is 10.4. The van der Waals surface area contributed by atoms with Crippen molar-refractivity contribution in [3.05, 3.63) is 81.4 Å². The smallest absolute Gasteiger partial charge is 0.323 e. The number of carbonyl (C=O) groups excluding carboxylic acids is 4. The van der Waals surface area contributed by atoms with Gasteiger partial charge in [-0.05, 0) is 106 Å². The van der Waals surface area contributed by atoms with E-state index in [4.69, 9.17) is 24.7 Å². The number of aliphatic carboxylic acids is 4. The molecule has 3 heterocycles. The van der Waals surface area contributed by atoms with Crippen molar-refractivity contribution in [3.63, 3.8) is 0 Å². The summed E-state index contributed by atoms with van der Waals surface area (Å²) in [6, 6.07) is 5.68. The number of nitrogens with zero attached hydrogens (tertiary/aromatic N) is 6. The predicted molar refractivity (Wildman–Crippen MR) is 369 cm³/mol. The number of benzene rings is 2. The Hall–Kier alpha value is -8.19. The Labute approximate surface area is 578 Å². The number of aryl methyl sites for hydroxylation is 3. The zero-order chi connectivity index (χ0) is 72.0. The van der Waals surface area contributed by atoms with Gasteiger partial charge >= 0.3 is 23.9 Å². The number of aromatic amines is 1. The number of nitrogens with one attached hydrogen (secondary N) is 7. The molecule has 2 aromatic carbocycles. The number of nitrogens with two attached hydrogens (primary N) is 1. The SMILES string of the molecule is C.CCCOCCCNC(=O)[C@@H](CCCCN)NC(=O)CN1CCN(CC(=O)O)CCN(CC(=O)O)CCN(CC(=O)O)CC1.COCCOCCCNC(=O)CCCOc1cc(C)c(S(=O)(=O)NC(CNC(=O)c2cn(C)c3cc(CNc4ncc[nH]4)ccc3c2=O)C(=O)O)c(C)c1. The minimum atomic E-state index is -4.40. The molecule has 0 spiro atoms. The summed E-state index contributed by atoms with van der Waals surface area (Å²) in [4.78, 5) is 125. The van der Waals surface area contributed by atoms with E-state index in [0.717, 1.165) is 12.0 Å². The second-order valence-electron chi connectivity index (χ2n) is 23.4.